The maximum Gasteiger partial charge on any atom is 0.228 e. The maximum atomic E-state index is 12.2. The molecule has 0 spiro atoms. The molecule has 2 aromatic heterocycles. The normalized spacial score (nSPS) is 26.6. The molecule has 1 amide bonds. The molecule has 0 radical (unpaired) electrons. The quantitative estimate of drug-likeness (QED) is 0.831. The van der Waals surface area contributed by atoms with Crippen LogP contribution >= 0.6 is 0 Å². The zero-order valence-electron chi connectivity index (χ0n) is 13.5. The predicted molar refractivity (Wildman–Crippen MR) is 85.1 cm³/mol. The summed E-state index contributed by atoms with van der Waals surface area (Å²) in [6.45, 7) is 0.767. The Balaban J connectivity index is 1.28. The van der Waals surface area contributed by atoms with E-state index >= 15 is 0 Å². The molecular weight excluding hydrogens is 308 g/mol. The second kappa shape index (κ2) is 6.39. The van der Waals surface area contributed by atoms with Gasteiger partial charge in [-0.2, -0.15) is 5.10 Å². The van der Waals surface area contributed by atoms with Crippen LogP contribution in [0.1, 0.15) is 43.1 Å². The van der Waals surface area contributed by atoms with Crippen molar-refractivity contribution in [2.24, 2.45) is 5.92 Å². The van der Waals surface area contributed by atoms with Gasteiger partial charge >= 0.3 is 0 Å². The number of aliphatic hydroxyl groups excluding tert-OH is 1. The van der Waals surface area contributed by atoms with Crippen molar-refractivity contribution in [2.45, 2.75) is 56.7 Å². The van der Waals surface area contributed by atoms with E-state index < -0.39 is 6.10 Å². The summed E-state index contributed by atoms with van der Waals surface area (Å²) < 4.78 is 7.10. The second-order valence-corrected chi connectivity index (χ2v) is 6.98. The van der Waals surface area contributed by atoms with Crippen molar-refractivity contribution in [3.05, 3.63) is 36.0 Å². The van der Waals surface area contributed by atoms with Crippen LogP contribution in [0.4, 0.5) is 0 Å². The SMILES string of the molecule is O=C(Cc1cc(C2CC2)no1)N[C@@H]1CC(Cn2cccn2)C[C@H]1O. The number of aliphatic hydroxyl groups is 1. The van der Waals surface area contributed by atoms with Gasteiger partial charge in [0.15, 0.2) is 0 Å². The van der Waals surface area contributed by atoms with Crippen LogP contribution in [0.15, 0.2) is 29.0 Å². The van der Waals surface area contributed by atoms with Crippen molar-refractivity contribution in [1.29, 1.82) is 0 Å². The minimum absolute atomic E-state index is 0.128. The predicted octanol–water partition coefficient (Wildman–Crippen LogP) is 1.25. The number of aromatic nitrogens is 3. The maximum absolute atomic E-state index is 12.2. The van der Waals surface area contributed by atoms with E-state index in [0.29, 0.717) is 24.0 Å². The molecule has 2 aromatic rings. The monoisotopic (exact) mass is 330 g/mol. The molecule has 0 aromatic carbocycles. The molecule has 0 saturated heterocycles. The van der Waals surface area contributed by atoms with E-state index in [9.17, 15) is 9.90 Å². The molecule has 2 N–H and O–H groups in total. The number of amides is 1. The highest BCUT2D eigenvalue weighted by atomic mass is 16.5. The van der Waals surface area contributed by atoms with E-state index in [-0.39, 0.29) is 18.4 Å². The standard InChI is InChI=1S/C17H22N4O3/c22-16-7-11(10-21-5-1-4-18-21)6-15(16)19-17(23)9-13-8-14(20-24-13)12-2-3-12/h1,4-5,8,11-12,15-16,22H,2-3,6-7,9-10H2,(H,19,23)/t11?,15-,16-/m1/s1. The molecule has 2 aliphatic rings. The number of rotatable bonds is 6. The summed E-state index contributed by atoms with van der Waals surface area (Å²) in [7, 11) is 0. The summed E-state index contributed by atoms with van der Waals surface area (Å²) >= 11 is 0. The Bertz CT molecular complexity index is 693. The lowest BCUT2D eigenvalue weighted by Crippen LogP contribution is -2.40. The largest absolute Gasteiger partial charge is 0.391 e. The number of carbonyl (C=O) groups excluding carboxylic acids is 1. The minimum Gasteiger partial charge on any atom is -0.391 e. The molecule has 3 atom stereocenters. The Morgan fingerprint density at radius 1 is 1.42 bits per heavy atom. The molecular formula is C17H22N4O3. The summed E-state index contributed by atoms with van der Waals surface area (Å²) in [6.07, 6.45) is 7.08. The van der Waals surface area contributed by atoms with Gasteiger partial charge in [0.05, 0.1) is 24.3 Å². The Morgan fingerprint density at radius 2 is 2.29 bits per heavy atom. The van der Waals surface area contributed by atoms with E-state index in [2.05, 4.69) is 15.6 Å². The van der Waals surface area contributed by atoms with Gasteiger partial charge in [-0.05, 0) is 37.7 Å². The van der Waals surface area contributed by atoms with Crippen molar-refractivity contribution in [3.8, 4) is 0 Å². The molecule has 0 bridgehead atoms. The fraction of sp³-hybridized carbons (Fsp3) is 0.588. The number of carbonyl (C=O) groups is 1. The Hall–Kier alpha value is -2.15. The summed E-state index contributed by atoms with van der Waals surface area (Å²) in [5, 5.41) is 21.4. The number of nitrogens with zero attached hydrogens (tertiary/aromatic N) is 3. The molecule has 2 heterocycles. The van der Waals surface area contributed by atoms with Crippen molar-refractivity contribution in [3.63, 3.8) is 0 Å². The second-order valence-electron chi connectivity index (χ2n) is 6.98. The summed E-state index contributed by atoms with van der Waals surface area (Å²) in [5.41, 5.74) is 0.956. The lowest BCUT2D eigenvalue weighted by Gasteiger charge is -2.15. The zero-order chi connectivity index (χ0) is 16.5. The average Bonchev–Trinajstić information content (AvgIpc) is 2.93. The fourth-order valence-corrected chi connectivity index (χ4v) is 3.50. The topological polar surface area (TPSA) is 93.2 Å². The van der Waals surface area contributed by atoms with Gasteiger partial charge in [0, 0.05) is 30.9 Å². The van der Waals surface area contributed by atoms with Gasteiger partial charge < -0.3 is 14.9 Å². The first-order chi connectivity index (χ1) is 11.7. The first kappa shape index (κ1) is 15.4. The molecule has 2 saturated carbocycles. The van der Waals surface area contributed by atoms with Gasteiger partial charge in [0.2, 0.25) is 5.91 Å². The Labute approximate surface area is 140 Å². The highest BCUT2D eigenvalue weighted by Crippen LogP contribution is 2.39. The van der Waals surface area contributed by atoms with Crippen molar-refractivity contribution in [1.82, 2.24) is 20.3 Å². The molecule has 24 heavy (non-hydrogen) atoms. The molecule has 7 nitrogen and oxygen atoms in total. The Kier molecular flexibility index (Phi) is 4.10. The highest BCUT2D eigenvalue weighted by Gasteiger charge is 2.34. The first-order valence-corrected chi connectivity index (χ1v) is 8.57. The van der Waals surface area contributed by atoms with E-state index in [4.69, 9.17) is 4.52 Å². The van der Waals surface area contributed by atoms with Crippen molar-refractivity contribution < 1.29 is 14.4 Å². The highest BCUT2D eigenvalue weighted by molar-refractivity contribution is 5.78. The third kappa shape index (κ3) is 3.51. The van der Waals surface area contributed by atoms with Gasteiger partial charge in [-0.25, -0.2) is 0 Å². The number of hydrogen-bond acceptors (Lipinski definition) is 5. The van der Waals surface area contributed by atoms with Crippen LogP contribution in [0.5, 0.6) is 0 Å². The van der Waals surface area contributed by atoms with E-state index in [1.54, 1.807) is 6.20 Å². The molecule has 2 aliphatic carbocycles. The van der Waals surface area contributed by atoms with Gasteiger partial charge in [-0.15, -0.1) is 0 Å². The Morgan fingerprint density at radius 3 is 3.04 bits per heavy atom. The van der Waals surface area contributed by atoms with Crippen molar-refractivity contribution >= 4 is 5.91 Å². The molecule has 0 aliphatic heterocycles. The lowest BCUT2D eigenvalue weighted by atomic mass is 10.1. The smallest absolute Gasteiger partial charge is 0.228 e. The van der Waals surface area contributed by atoms with Gasteiger partial charge in [0.1, 0.15) is 5.76 Å². The average molecular weight is 330 g/mol. The van der Waals surface area contributed by atoms with Gasteiger partial charge in [-0.3, -0.25) is 9.48 Å². The zero-order valence-corrected chi connectivity index (χ0v) is 13.5. The molecule has 1 unspecified atom stereocenters. The third-order valence-corrected chi connectivity index (χ3v) is 4.88. The lowest BCUT2D eigenvalue weighted by molar-refractivity contribution is -0.122. The van der Waals surface area contributed by atoms with Gasteiger partial charge in [0.25, 0.3) is 0 Å². The molecule has 2 fully saturated rings. The summed E-state index contributed by atoms with van der Waals surface area (Å²) in [6, 6.07) is 3.56. The van der Waals surface area contributed by atoms with E-state index in [1.807, 2.05) is 23.0 Å². The number of nitrogens with one attached hydrogen (secondary N) is 1. The van der Waals surface area contributed by atoms with Crippen LogP contribution in [0.25, 0.3) is 0 Å². The third-order valence-electron chi connectivity index (χ3n) is 4.88. The van der Waals surface area contributed by atoms with Crippen LogP contribution in [-0.2, 0) is 17.8 Å². The fourth-order valence-electron chi connectivity index (χ4n) is 3.50. The summed E-state index contributed by atoms with van der Waals surface area (Å²) in [5.74, 6) is 1.30. The van der Waals surface area contributed by atoms with Crippen LogP contribution in [-0.4, -0.2) is 38.1 Å². The van der Waals surface area contributed by atoms with Crippen LogP contribution < -0.4 is 5.32 Å². The molecule has 4 rings (SSSR count). The minimum atomic E-state index is -0.508. The van der Waals surface area contributed by atoms with Gasteiger partial charge in [-0.1, -0.05) is 5.16 Å². The van der Waals surface area contributed by atoms with Crippen LogP contribution in [0, 0.1) is 5.92 Å². The first-order valence-electron chi connectivity index (χ1n) is 8.57. The van der Waals surface area contributed by atoms with Crippen LogP contribution in [0.3, 0.4) is 0 Å². The van der Waals surface area contributed by atoms with E-state index in [1.165, 1.54) is 0 Å². The van der Waals surface area contributed by atoms with E-state index in [0.717, 1.165) is 31.5 Å². The number of hydrogen-bond donors (Lipinski definition) is 2. The molecule has 128 valence electrons. The van der Waals surface area contributed by atoms with Crippen molar-refractivity contribution in [2.75, 3.05) is 0 Å². The molecule has 7 heteroatoms. The van der Waals surface area contributed by atoms with Crippen LogP contribution in [0.2, 0.25) is 0 Å². The summed E-state index contributed by atoms with van der Waals surface area (Å²) in [4.78, 5) is 12.2.